The summed E-state index contributed by atoms with van der Waals surface area (Å²) in [4.78, 5) is 11.9. The van der Waals surface area contributed by atoms with Crippen LogP contribution in [0, 0.1) is 5.82 Å². The van der Waals surface area contributed by atoms with Crippen molar-refractivity contribution in [3.63, 3.8) is 0 Å². The molecule has 0 saturated carbocycles. The molecule has 0 radical (unpaired) electrons. The van der Waals surface area contributed by atoms with Gasteiger partial charge in [-0.2, -0.15) is 4.72 Å². The zero-order valence-electron chi connectivity index (χ0n) is 12.4. The average Bonchev–Trinajstić information content (AvgIpc) is 2.56. The lowest BCUT2D eigenvalue weighted by molar-refractivity contribution is -0.142. The molecule has 0 aromatic heterocycles. The molecule has 2 aromatic carbocycles. The molecule has 0 spiro atoms. The predicted molar refractivity (Wildman–Crippen MR) is 82.7 cm³/mol. The van der Waals surface area contributed by atoms with E-state index in [1.54, 1.807) is 18.2 Å². The van der Waals surface area contributed by atoms with Gasteiger partial charge in [0.15, 0.2) is 0 Å². The SMILES string of the molecule is COC(=O)C(Cc1ccc(F)cc1)NS(=O)(=O)c1ccccc1. The quantitative estimate of drug-likeness (QED) is 0.817. The van der Waals surface area contributed by atoms with Crippen LogP contribution in [0.15, 0.2) is 59.5 Å². The van der Waals surface area contributed by atoms with Gasteiger partial charge in [-0.1, -0.05) is 30.3 Å². The lowest BCUT2D eigenvalue weighted by Crippen LogP contribution is -2.42. The smallest absolute Gasteiger partial charge is 0.324 e. The molecule has 1 atom stereocenters. The monoisotopic (exact) mass is 337 g/mol. The molecular formula is C16H16FNO4S. The third-order valence-electron chi connectivity index (χ3n) is 3.19. The van der Waals surface area contributed by atoms with E-state index in [0.29, 0.717) is 5.56 Å². The molecule has 0 heterocycles. The topological polar surface area (TPSA) is 72.5 Å². The highest BCUT2D eigenvalue weighted by Crippen LogP contribution is 2.12. The molecule has 0 aliphatic heterocycles. The summed E-state index contributed by atoms with van der Waals surface area (Å²) in [5.74, 6) is -1.12. The summed E-state index contributed by atoms with van der Waals surface area (Å²) in [6.07, 6.45) is 0.0546. The van der Waals surface area contributed by atoms with Crippen LogP contribution in [0.1, 0.15) is 5.56 Å². The van der Waals surface area contributed by atoms with Crippen molar-refractivity contribution in [2.24, 2.45) is 0 Å². The summed E-state index contributed by atoms with van der Waals surface area (Å²) in [7, 11) is -2.69. The van der Waals surface area contributed by atoms with Gasteiger partial charge in [-0.05, 0) is 36.2 Å². The zero-order chi connectivity index (χ0) is 16.9. The first-order valence-electron chi connectivity index (χ1n) is 6.82. The van der Waals surface area contributed by atoms with Crippen LogP contribution in [-0.2, 0) is 26.0 Å². The van der Waals surface area contributed by atoms with Crippen molar-refractivity contribution >= 4 is 16.0 Å². The Hall–Kier alpha value is -2.25. The molecule has 0 aliphatic carbocycles. The van der Waals surface area contributed by atoms with E-state index in [9.17, 15) is 17.6 Å². The van der Waals surface area contributed by atoms with E-state index < -0.39 is 27.9 Å². The third-order valence-corrected chi connectivity index (χ3v) is 4.68. The Morgan fingerprint density at radius 2 is 1.74 bits per heavy atom. The molecule has 122 valence electrons. The maximum Gasteiger partial charge on any atom is 0.324 e. The summed E-state index contributed by atoms with van der Waals surface area (Å²) in [5, 5.41) is 0. The largest absolute Gasteiger partial charge is 0.468 e. The second kappa shape index (κ2) is 7.34. The number of benzene rings is 2. The lowest BCUT2D eigenvalue weighted by Gasteiger charge is -2.16. The number of halogens is 1. The summed E-state index contributed by atoms with van der Waals surface area (Å²) < 4.78 is 44.6. The van der Waals surface area contributed by atoms with Gasteiger partial charge in [-0.3, -0.25) is 4.79 Å². The summed E-state index contributed by atoms with van der Waals surface area (Å²) in [5.41, 5.74) is 0.609. The highest BCUT2D eigenvalue weighted by Gasteiger charge is 2.26. The van der Waals surface area contributed by atoms with Crippen molar-refractivity contribution in [3.05, 3.63) is 66.0 Å². The Kier molecular flexibility index (Phi) is 5.46. The van der Waals surface area contributed by atoms with Gasteiger partial charge >= 0.3 is 5.97 Å². The minimum atomic E-state index is -3.87. The minimum absolute atomic E-state index is 0.0491. The van der Waals surface area contributed by atoms with E-state index in [0.717, 1.165) is 0 Å². The number of methoxy groups -OCH3 is 1. The van der Waals surface area contributed by atoms with Gasteiger partial charge in [0.1, 0.15) is 11.9 Å². The number of nitrogens with one attached hydrogen (secondary N) is 1. The molecule has 23 heavy (non-hydrogen) atoms. The van der Waals surface area contributed by atoms with Crippen molar-refractivity contribution < 1.29 is 22.3 Å². The van der Waals surface area contributed by atoms with Gasteiger partial charge in [0.05, 0.1) is 12.0 Å². The van der Waals surface area contributed by atoms with Crippen molar-refractivity contribution in [2.45, 2.75) is 17.4 Å². The Labute approximate surface area is 134 Å². The lowest BCUT2D eigenvalue weighted by atomic mass is 10.1. The van der Waals surface area contributed by atoms with Crippen LogP contribution in [0.3, 0.4) is 0 Å². The second-order valence-corrected chi connectivity index (χ2v) is 6.55. The van der Waals surface area contributed by atoms with Gasteiger partial charge in [0, 0.05) is 0 Å². The molecule has 1 N–H and O–H groups in total. The molecule has 7 heteroatoms. The van der Waals surface area contributed by atoms with Crippen LogP contribution in [-0.4, -0.2) is 27.5 Å². The van der Waals surface area contributed by atoms with Gasteiger partial charge in [-0.15, -0.1) is 0 Å². The number of ether oxygens (including phenoxy) is 1. The molecule has 2 rings (SSSR count). The highest BCUT2D eigenvalue weighted by molar-refractivity contribution is 7.89. The van der Waals surface area contributed by atoms with Crippen LogP contribution in [0.5, 0.6) is 0 Å². The first-order chi connectivity index (χ1) is 10.9. The van der Waals surface area contributed by atoms with E-state index in [1.165, 1.54) is 43.5 Å². The molecule has 0 bridgehead atoms. The summed E-state index contributed by atoms with van der Waals surface area (Å²) in [6.45, 7) is 0. The van der Waals surface area contributed by atoms with E-state index in [-0.39, 0.29) is 11.3 Å². The molecule has 5 nitrogen and oxygen atoms in total. The van der Waals surface area contributed by atoms with Crippen LogP contribution in [0.4, 0.5) is 4.39 Å². The van der Waals surface area contributed by atoms with Crippen molar-refractivity contribution in [2.75, 3.05) is 7.11 Å². The fraction of sp³-hybridized carbons (Fsp3) is 0.188. The van der Waals surface area contributed by atoms with Gasteiger partial charge in [0.25, 0.3) is 0 Å². The van der Waals surface area contributed by atoms with Crippen molar-refractivity contribution in [1.82, 2.24) is 4.72 Å². The van der Waals surface area contributed by atoms with Crippen molar-refractivity contribution in [3.8, 4) is 0 Å². The van der Waals surface area contributed by atoms with Crippen LogP contribution < -0.4 is 4.72 Å². The number of carbonyl (C=O) groups excluding carboxylic acids is 1. The zero-order valence-corrected chi connectivity index (χ0v) is 13.2. The number of esters is 1. The fourth-order valence-corrected chi connectivity index (χ4v) is 3.23. The summed E-state index contributed by atoms with van der Waals surface area (Å²) in [6, 6.07) is 12.1. The second-order valence-electron chi connectivity index (χ2n) is 4.84. The Bertz CT molecular complexity index is 760. The first kappa shape index (κ1) is 17.1. The Balaban J connectivity index is 2.22. The third kappa shape index (κ3) is 4.61. The number of rotatable bonds is 6. The molecule has 2 aromatic rings. The molecule has 0 saturated heterocycles. The fourth-order valence-electron chi connectivity index (χ4n) is 2.03. The maximum absolute atomic E-state index is 12.9. The van der Waals surface area contributed by atoms with Crippen molar-refractivity contribution in [1.29, 1.82) is 0 Å². The van der Waals surface area contributed by atoms with Gasteiger partial charge in [0.2, 0.25) is 10.0 Å². The molecule has 0 aliphatic rings. The highest BCUT2D eigenvalue weighted by atomic mass is 32.2. The predicted octanol–water partition coefficient (Wildman–Crippen LogP) is 1.89. The van der Waals surface area contributed by atoms with E-state index in [2.05, 4.69) is 9.46 Å². The van der Waals surface area contributed by atoms with E-state index >= 15 is 0 Å². The molecule has 0 amide bonds. The van der Waals surface area contributed by atoms with E-state index in [4.69, 9.17) is 0 Å². The Morgan fingerprint density at radius 1 is 1.13 bits per heavy atom. The molecule has 1 unspecified atom stereocenters. The number of hydrogen-bond acceptors (Lipinski definition) is 4. The normalized spacial score (nSPS) is 12.6. The standard InChI is InChI=1S/C16H16FNO4S/c1-22-16(19)15(11-12-7-9-13(17)10-8-12)18-23(20,21)14-5-3-2-4-6-14/h2-10,15,18H,11H2,1H3. The maximum atomic E-state index is 12.9. The number of carbonyl (C=O) groups is 1. The molecule has 0 fully saturated rings. The van der Waals surface area contributed by atoms with Gasteiger partial charge in [-0.25, -0.2) is 12.8 Å². The number of hydrogen-bond donors (Lipinski definition) is 1. The average molecular weight is 337 g/mol. The van der Waals surface area contributed by atoms with Crippen LogP contribution in [0.2, 0.25) is 0 Å². The minimum Gasteiger partial charge on any atom is -0.468 e. The van der Waals surface area contributed by atoms with Crippen LogP contribution >= 0.6 is 0 Å². The van der Waals surface area contributed by atoms with Crippen LogP contribution in [0.25, 0.3) is 0 Å². The van der Waals surface area contributed by atoms with Gasteiger partial charge < -0.3 is 4.74 Å². The first-order valence-corrected chi connectivity index (χ1v) is 8.30. The van der Waals surface area contributed by atoms with E-state index in [1.807, 2.05) is 0 Å². The number of sulfonamides is 1. The molecular weight excluding hydrogens is 321 g/mol. The Morgan fingerprint density at radius 3 is 2.30 bits per heavy atom. The summed E-state index contributed by atoms with van der Waals surface area (Å²) >= 11 is 0.